The van der Waals surface area contributed by atoms with Crippen LogP contribution in [0.2, 0.25) is 0 Å². The third kappa shape index (κ3) is 3.61. The van der Waals surface area contributed by atoms with E-state index in [0.717, 1.165) is 11.1 Å². The molecule has 6 nitrogen and oxygen atoms in total. The summed E-state index contributed by atoms with van der Waals surface area (Å²) in [4.78, 5) is 12.2. The van der Waals surface area contributed by atoms with Crippen molar-refractivity contribution in [3.05, 3.63) is 41.5 Å². The van der Waals surface area contributed by atoms with Crippen molar-refractivity contribution in [1.82, 2.24) is 0 Å². The van der Waals surface area contributed by atoms with Crippen LogP contribution < -0.4 is 14.2 Å². The van der Waals surface area contributed by atoms with Gasteiger partial charge in [-0.05, 0) is 29.7 Å². The lowest BCUT2D eigenvalue weighted by Crippen LogP contribution is -2.50. The number of aliphatic hydroxyl groups is 1. The van der Waals surface area contributed by atoms with Crippen molar-refractivity contribution in [2.24, 2.45) is 5.41 Å². The zero-order chi connectivity index (χ0) is 21.3. The summed E-state index contributed by atoms with van der Waals surface area (Å²) in [6.07, 6.45) is 0.972. The molecule has 1 heterocycles. The number of ether oxygens (including phenoxy) is 4. The Kier molecular flexibility index (Phi) is 5.62. The minimum atomic E-state index is -3.08. The molecule has 8 heteroatoms. The molecule has 0 atom stereocenters. The van der Waals surface area contributed by atoms with Crippen molar-refractivity contribution in [3.8, 4) is 28.4 Å². The molecular weight excluding hydrogens is 398 g/mol. The van der Waals surface area contributed by atoms with Crippen molar-refractivity contribution in [2.75, 3.05) is 33.5 Å². The van der Waals surface area contributed by atoms with E-state index in [1.807, 2.05) is 6.07 Å². The summed E-state index contributed by atoms with van der Waals surface area (Å²) in [7, 11) is 1.35. The minimum Gasteiger partial charge on any atom is -0.493 e. The van der Waals surface area contributed by atoms with E-state index in [-0.39, 0.29) is 36.2 Å². The predicted octanol–water partition coefficient (Wildman–Crippen LogP) is 3.48. The molecule has 0 aromatic heterocycles. The molecule has 2 aliphatic rings. The first-order chi connectivity index (χ1) is 14.5. The van der Waals surface area contributed by atoms with Gasteiger partial charge in [-0.15, -0.1) is 0 Å². The summed E-state index contributed by atoms with van der Waals surface area (Å²) < 4.78 is 47.6. The number of benzene rings is 2. The monoisotopic (exact) mass is 420 g/mol. The van der Waals surface area contributed by atoms with Gasteiger partial charge in [0.15, 0.2) is 17.3 Å². The van der Waals surface area contributed by atoms with Gasteiger partial charge < -0.3 is 24.1 Å². The van der Waals surface area contributed by atoms with Gasteiger partial charge in [-0.3, -0.25) is 4.79 Å². The second-order valence-corrected chi connectivity index (χ2v) is 7.55. The highest BCUT2D eigenvalue weighted by Crippen LogP contribution is 2.48. The Bertz CT molecular complexity index is 949. The number of hydrogen-bond donors (Lipinski definition) is 1. The lowest BCUT2D eigenvalue weighted by molar-refractivity contribution is -0.153. The van der Waals surface area contributed by atoms with Gasteiger partial charge in [-0.2, -0.15) is 8.78 Å². The second-order valence-electron chi connectivity index (χ2n) is 7.55. The molecule has 0 radical (unpaired) electrons. The lowest BCUT2D eigenvalue weighted by Gasteiger charge is -2.39. The first-order valence-corrected chi connectivity index (χ1v) is 9.61. The number of Topliss-reactive ketones (excluding diaryl/α,β-unsaturated/α-hetero) is 1. The highest BCUT2D eigenvalue weighted by molar-refractivity contribution is 6.02. The largest absolute Gasteiger partial charge is 0.493 e. The Balaban J connectivity index is 1.83. The normalized spacial score (nSPS) is 16.9. The molecule has 0 unspecified atom stereocenters. The number of aliphatic hydroxyl groups excluding tert-OH is 1. The molecule has 2 aromatic carbocycles. The Hall–Kier alpha value is -2.71. The topological polar surface area (TPSA) is 74.2 Å². The van der Waals surface area contributed by atoms with E-state index < -0.39 is 12.0 Å². The molecule has 4 rings (SSSR count). The molecule has 0 amide bonds. The molecule has 0 spiro atoms. The van der Waals surface area contributed by atoms with E-state index in [0.29, 0.717) is 37.2 Å². The van der Waals surface area contributed by atoms with E-state index in [9.17, 15) is 18.7 Å². The third-order valence-electron chi connectivity index (χ3n) is 5.55. The maximum Gasteiger partial charge on any atom is 0.387 e. The summed E-state index contributed by atoms with van der Waals surface area (Å²) in [6.45, 7) is -2.57. The van der Waals surface area contributed by atoms with E-state index in [1.54, 1.807) is 18.2 Å². The number of fused-ring (bicyclic) bond motifs is 1. The summed E-state index contributed by atoms with van der Waals surface area (Å²) in [5.41, 5.74) is 2.12. The van der Waals surface area contributed by atoms with Crippen LogP contribution in [0.1, 0.15) is 22.3 Å². The van der Waals surface area contributed by atoms with Crippen LogP contribution in [-0.2, 0) is 11.2 Å². The SMILES string of the molecule is COc1ccc(-c2cccc3c2CCC3=O)c(OCC2(CO)COC2)c1OC(F)F. The molecular formula is C22H22F2O6. The van der Waals surface area contributed by atoms with Gasteiger partial charge in [0.2, 0.25) is 5.75 Å². The summed E-state index contributed by atoms with van der Waals surface area (Å²) in [6, 6.07) is 8.58. The van der Waals surface area contributed by atoms with E-state index in [4.69, 9.17) is 18.9 Å². The average Bonchev–Trinajstić information content (AvgIpc) is 3.09. The van der Waals surface area contributed by atoms with Gasteiger partial charge in [0, 0.05) is 17.5 Å². The number of alkyl halides is 2. The standard InChI is InChI=1S/C22H22F2O6/c1-27-18-8-6-16(13-3-2-4-15-14(13)5-7-17(15)26)19(20(18)30-21(23)24)29-12-22(9-25)10-28-11-22/h2-4,6,8,21,25H,5,7,9-12H2,1H3. The lowest BCUT2D eigenvalue weighted by atomic mass is 9.88. The van der Waals surface area contributed by atoms with Crippen LogP contribution in [0.4, 0.5) is 8.78 Å². The summed E-state index contributed by atoms with van der Waals surface area (Å²) >= 11 is 0. The summed E-state index contributed by atoms with van der Waals surface area (Å²) in [5.74, 6) is 0.0146. The molecule has 30 heavy (non-hydrogen) atoms. The fourth-order valence-electron chi connectivity index (χ4n) is 3.84. The summed E-state index contributed by atoms with van der Waals surface area (Å²) in [5, 5.41) is 9.70. The molecule has 1 saturated heterocycles. The van der Waals surface area contributed by atoms with Gasteiger partial charge in [-0.25, -0.2) is 0 Å². The highest BCUT2D eigenvalue weighted by atomic mass is 19.3. The van der Waals surface area contributed by atoms with Crippen molar-refractivity contribution < 1.29 is 37.6 Å². The Morgan fingerprint density at radius 2 is 1.87 bits per heavy atom. The van der Waals surface area contributed by atoms with Gasteiger partial charge in [0.1, 0.15) is 6.61 Å². The van der Waals surface area contributed by atoms with Gasteiger partial charge in [0.25, 0.3) is 0 Å². The number of carbonyl (C=O) groups is 1. The van der Waals surface area contributed by atoms with Crippen LogP contribution in [0, 0.1) is 5.41 Å². The van der Waals surface area contributed by atoms with Crippen molar-refractivity contribution in [1.29, 1.82) is 0 Å². The molecule has 1 fully saturated rings. The fraction of sp³-hybridized carbons (Fsp3) is 0.409. The quantitative estimate of drug-likeness (QED) is 0.705. The molecule has 1 N–H and O–H groups in total. The van der Waals surface area contributed by atoms with Crippen LogP contribution in [0.3, 0.4) is 0 Å². The Morgan fingerprint density at radius 3 is 2.50 bits per heavy atom. The van der Waals surface area contributed by atoms with Crippen molar-refractivity contribution >= 4 is 5.78 Å². The molecule has 160 valence electrons. The first-order valence-electron chi connectivity index (χ1n) is 9.61. The molecule has 2 aromatic rings. The first kappa shape index (κ1) is 20.6. The van der Waals surface area contributed by atoms with Crippen LogP contribution in [0.5, 0.6) is 17.2 Å². The molecule has 0 bridgehead atoms. The average molecular weight is 420 g/mol. The number of rotatable bonds is 8. The highest BCUT2D eigenvalue weighted by Gasteiger charge is 2.40. The number of carbonyl (C=O) groups excluding carboxylic acids is 1. The van der Waals surface area contributed by atoms with Gasteiger partial charge in [-0.1, -0.05) is 18.2 Å². The number of hydrogen-bond acceptors (Lipinski definition) is 6. The molecule has 1 aliphatic heterocycles. The van der Waals surface area contributed by atoms with E-state index >= 15 is 0 Å². The number of ketones is 1. The smallest absolute Gasteiger partial charge is 0.387 e. The zero-order valence-electron chi connectivity index (χ0n) is 16.5. The molecule has 1 aliphatic carbocycles. The van der Waals surface area contributed by atoms with Crippen molar-refractivity contribution in [2.45, 2.75) is 19.5 Å². The fourth-order valence-corrected chi connectivity index (χ4v) is 3.84. The molecule has 0 saturated carbocycles. The Morgan fingerprint density at radius 1 is 1.10 bits per heavy atom. The van der Waals surface area contributed by atoms with E-state index in [2.05, 4.69) is 0 Å². The maximum atomic E-state index is 13.2. The van der Waals surface area contributed by atoms with Crippen LogP contribution >= 0.6 is 0 Å². The van der Waals surface area contributed by atoms with Crippen molar-refractivity contribution in [3.63, 3.8) is 0 Å². The maximum absolute atomic E-state index is 13.2. The van der Waals surface area contributed by atoms with E-state index in [1.165, 1.54) is 13.2 Å². The van der Waals surface area contributed by atoms with Crippen LogP contribution in [0.25, 0.3) is 11.1 Å². The van der Waals surface area contributed by atoms with Gasteiger partial charge in [0.05, 0.1) is 32.3 Å². The van der Waals surface area contributed by atoms with Crippen LogP contribution in [-0.4, -0.2) is 51.0 Å². The minimum absolute atomic E-state index is 0.0528. The zero-order valence-corrected chi connectivity index (χ0v) is 16.5. The Labute approximate surface area is 172 Å². The number of methoxy groups -OCH3 is 1. The predicted molar refractivity (Wildman–Crippen MR) is 104 cm³/mol. The second kappa shape index (κ2) is 8.20. The van der Waals surface area contributed by atoms with Crippen LogP contribution in [0.15, 0.2) is 30.3 Å². The third-order valence-corrected chi connectivity index (χ3v) is 5.55. The van der Waals surface area contributed by atoms with Gasteiger partial charge >= 0.3 is 6.61 Å². The number of halogens is 2.